The minimum atomic E-state index is 0.290. The van der Waals surface area contributed by atoms with E-state index in [2.05, 4.69) is 26.0 Å². The first-order valence-corrected chi connectivity index (χ1v) is 4.54. The number of hydrogen-bond donors (Lipinski definition) is 1. The first kappa shape index (κ1) is 7.81. The quantitative estimate of drug-likeness (QED) is 0.620. The Bertz CT molecular complexity index is 315. The van der Waals surface area contributed by atoms with Crippen LogP contribution in [-0.2, 0) is 6.42 Å². The topological polar surface area (TPSA) is 26.0 Å². The van der Waals surface area contributed by atoms with Crippen molar-refractivity contribution >= 4 is 0 Å². The molecule has 1 nitrogen and oxygen atoms in total. The fourth-order valence-corrected chi connectivity index (χ4v) is 2.16. The lowest BCUT2D eigenvalue weighted by Crippen LogP contribution is -2.05. The van der Waals surface area contributed by atoms with Crippen molar-refractivity contribution in [1.82, 2.24) is 0 Å². The summed E-state index contributed by atoms with van der Waals surface area (Å²) in [6, 6.07) is 4.77. The first-order valence-electron chi connectivity index (χ1n) is 4.54. The molecule has 0 radical (unpaired) electrons. The Kier molecular flexibility index (Phi) is 1.69. The Morgan fingerprint density at radius 3 is 2.83 bits per heavy atom. The molecule has 2 N–H and O–H groups in total. The second kappa shape index (κ2) is 2.60. The number of rotatable bonds is 0. The van der Waals surface area contributed by atoms with Gasteiger partial charge in [0.25, 0.3) is 0 Å². The van der Waals surface area contributed by atoms with Crippen molar-refractivity contribution in [2.75, 3.05) is 0 Å². The minimum absolute atomic E-state index is 0.290. The van der Waals surface area contributed by atoms with Crippen LogP contribution in [0.1, 0.15) is 34.7 Å². The molecule has 1 aromatic carbocycles. The van der Waals surface area contributed by atoms with Crippen LogP contribution in [0.3, 0.4) is 0 Å². The van der Waals surface area contributed by atoms with Crippen LogP contribution in [0, 0.1) is 13.8 Å². The molecule has 1 atom stereocenters. The molecule has 64 valence electrons. The van der Waals surface area contributed by atoms with Crippen LogP contribution in [-0.4, -0.2) is 0 Å². The molecule has 0 heterocycles. The van der Waals surface area contributed by atoms with Crippen LogP contribution in [0.15, 0.2) is 12.1 Å². The van der Waals surface area contributed by atoms with Gasteiger partial charge in [-0.25, -0.2) is 0 Å². The molecule has 1 aromatic rings. The van der Waals surface area contributed by atoms with Gasteiger partial charge in [-0.1, -0.05) is 17.7 Å². The van der Waals surface area contributed by atoms with Crippen molar-refractivity contribution in [1.29, 1.82) is 0 Å². The van der Waals surface area contributed by atoms with E-state index in [9.17, 15) is 0 Å². The highest BCUT2D eigenvalue weighted by molar-refractivity contribution is 5.42. The summed E-state index contributed by atoms with van der Waals surface area (Å²) >= 11 is 0. The molecule has 1 heteroatoms. The van der Waals surface area contributed by atoms with Crippen molar-refractivity contribution < 1.29 is 0 Å². The van der Waals surface area contributed by atoms with E-state index in [1.54, 1.807) is 0 Å². The Morgan fingerprint density at radius 2 is 2.08 bits per heavy atom. The standard InChI is InChI=1S/C11H15N/c1-7-5-8(2)9-3-4-11(12)10(9)6-7/h5-6,11H,3-4,12H2,1-2H3. The second-order valence-electron chi connectivity index (χ2n) is 3.79. The van der Waals surface area contributed by atoms with Crippen molar-refractivity contribution in [3.8, 4) is 0 Å². The summed E-state index contributed by atoms with van der Waals surface area (Å²) in [6.45, 7) is 4.32. The molecule has 1 aliphatic rings. The summed E-state index contributed by atoms with van der Waals surface area (Å²) in [4.78, 5) is 0. The van der Waals surface area contributed by atoms with Crippen molar-refractivity contribution in [3.63, 3.8) is 0 Å². The van der Waals surface area contributed by atoms with Crippen molar-refractivity contribution in [2.24, 2.45) is 5.73 Å². The van der Waals surface area contributed by atoms with Crippen LogP contribution in [0.4, 0.5) is 0 Å². The SMILES string of the molecule is Cc1cc(C)c2c(c1)C(N)CC2. The highest BCUT2D eigenvalue weighted by Gasteiger charge is 2.20. The van der Waals surface area contributed by atoms with Gasteiger partial charge in [0.15, 0.2) is 0 Å². The van der Waals surface area contributed by atoms with Crippen LogP contribution in [0.25, 0.3) is 0 Å². The van der Waals surface area contributed by atoms with Crippen LogP contribution in [0.5, 0.6) is 0 Å². The van der Waals surface area contributed by atoms with Crippen LogP contribution in [0.2, 0.25) is 0 Å². The monoisotopic (exact) mass is 161 g/mol. The lowest BCUT2D eigenvalue weighted by molar-refractivity contribution is 0.713. The van der Waals surface area contributed by atoms with Gasteiger partial charge >= 0.3 is 0 Å². The predicted molar refractivity (Wildman–Crippen MR) is 51.2 cm³/mol. The summed E-state index contributed by atoms with van der Waals surface area (Å²) < 4.78 is 0. The fourth-order valence-electron chi connectivity index (χ4n) is 2.16. The minimum Gasteiger partial charge on any atom is -0.324 e. The van der Waals surface area contributed by atoms with E-state index in [-0.39, 0.29) is 0 Å². The second-order valence-corrected chi connectivity index (χ2v) is 3.79. The number of benzene rings is 1. The number of nitrogens with two attached hydrogens (primary N) is 1. The molecule has 0 spiro atoms. The van der Waals surface area contributed by atoms with Gasteiger partial charge in [-0.2, -0.15) is 0 Å². The van der Waals surface area contributed by atoms with Gasteiger partial charge in [-0.05, 0) is 43.4 Å². The fraction of sp³-hybridized carbons (Fsp3) is 0.455. The van der Waals surface area contributed by atoms with Crippen LogP contribution < -0.4 is 5.73 Å². The van der Waals surface area contributed by atoms with E-state index in [1.165, 1.54) is 28.7 Å². The van der Waals surface area contributed by atoms with Crippen molar-refractivity contribution in [3.05, 3.63) is 34.4 Å². The molecule has 0 saturated carbocycles. The molecule has 1 aliphatic carbocycles. The maximum absolute atomic E-state index is 5.98. The van der Waals surface area contributed by atoms with E-state index < -0.39 is 0 Å². The summed E-state index contributed by atoms with van der Waals surface area (Å²) in [6.07, 6.45) is 2.29. The molecule has 1 unspecified atom stereocenters. The summed E-state index contributed by atoms with van der Waals surface area (Å²) in [5.41, 5.74) is 11.6. The van der Waals surface area contributed by atoms with Gasteiger partial charge in [-0.15, -0.1) is 0 Å². The molecule has 0 aromatic heterocycles. The molecule has 0 fully saturated rings. The van der Waals surface area contributed by atoms with Gasteiger partial charge in [0.05, 0.1) is 0 Å². The Balaban J connectivity index is 2.60. The Morgan fingerprint density at radius 1 is 1.33 bits per heavy atom. The maximum Gasteiger partial charge on any atom is 0.0300 e. The van der Waals surface area contributed by atoms with Gasteiger partial charge < -0.3 is 5.73 Å². The molecule has 0 saturated heterocycles. The van der Waals surface area contributed by atoms with E-state index >= 15 is 0 Å². The number of hydrogen-bond acceptors (Lipinski definition) is 1. The average Bonchev–Trinajstić information content (AvgIpc) is 2.33. The largest absolute Gasteiger partial charge is 0.324 e. The Labute approximate surface area is 73.6 Å². The first-order chi connectivity index (χ1) is 5.68. The lowest BCUT2D eigenvalue weighted by Gasteiger charge is -2.08. The van der Waals surface area contributed by atoms with Gasteiger partial charge in [0, 0.05) is 6.04 Å². The molecular weight excluding hydrogens is 146 g/mol. The van der Waals surface area contributed by atoms with Gasteiger partial charge in [-0.3, -0.25) is 0 Å². The normalized spacial score (nSPS) is 21.1. The third kappa shape index (κ3) is 1.05. The van der Waals surface area contributed by atoms with E-state index in [0.29, 0.717) is 6.04 Å². The van der Waals surface area contributed by atoms with E-state index in [1.807, 2.05) is 0 Å². The number of aryl methyl sites for hydroxylation is 2. The zero-order valence-corrected chi connectivity index (χ0v) is 7.72. The molecule has 0 bridgehead atoms. The molecule has 0 amide bonds. The zero-order chi connectivity index (χ0) is 8.72. The Hall–Kier alpha value is -0.820. The van der Waals surface area contributed by atoms with E-state index in [4.69, 9.17) is 5.73 Å². The van der Waals surface area contributed by atoms with Gasteiger partial charge in [0.1, 0.15) is 0 Å². The molecular formula is C11H15N. The third-order valence-electron chi connectivity index (χ3n) is 2.76. The van der Waals surface area contributed by atoms with Crippen LogP contribution >= 0.6 is 0 Å². The molecule has 0 aliphatic heterocycles. The smallest absolute Gasteiger partial charge is 0.0300 e. The lowest BCUT2D eigenvalue weighted by atomic mass is 10.0. The predicted octanol–water partition coefficient (Wildman–Crippen LogP) is 2.25. The molecule has 12 heavy (non-hydrogen) atoms. The maximum atomic E-state index is 5.98. The van der Waals surface area contributed by atoms with Crippen molar-refractivity contribution in [2.45, 2.75) is 32.7 Å². The van der Waals surface area contributed by atoms with Gasteiger partial charge in [0.2, 0.25) is 0 Å². The highest BCUT2D eigenvalue weighted by Crippen LogP contribution is 2.32. The summed E-state index contributed by atoms with van der Waals surface area (Å²) in [5, 5.41) is 0. The molecule has 2 rings (SSSR count). The third-order valence-corrected chi connectivity index (χ3v) is 2.76. The van der Waals surface area contributed by atoms with E-state index in [0.717, 1.165) is 6.42 Å². The highest BCUT2D eigenvalue weighted by atomic mass is 14.6. The summed E-state index contributed by atoms with van der Waals surface area (Å²) in [7, 11) is 0. The average molecular weight is 161 g/mol. The zero-order valence-electron chi connectivity index (χ0n) is 7.72. The number of fused-ring (bicyclic) bond motifs is 1. The summed E-state index contributed by atoms with van der Waals surface area (Å²) in [5.74, 6) is 0.